The van der Waals surface area contributed by atoms with Crippen molar-refractivity contribution in [1.29, 1.82) is 0 Å². The lowest BCUT2D eigenvalue weighted by Crippen LogP contribution is -2.22. The molecule has 120 valence electrons. The van der Waals surface area contributed by atoms with Gasteiger partial charge in [-0.1, -0.05) is 19.6 Å². The molecular formula is C14H18BrFN2O3Si. The first-order valence-corrected chi connectivity index (χ1v) is 11.4. The predicted octanol–water partition coefficient (Wildman–Crippen LogP) is 3.95. The molecule has 1 aromatic carbocycles. The van der Waals surface area contributed by atoms with Gasteiger partial charge in [0.1, 0.15) is 12.2 Å². The fourth-order valence-corrected chi connectivity index (χ4v) is 3.07. The number of carboxylic acids is 1. The van der Waals surface area contributed by atoms with Gasteiger partial charge in [-0.3, -0.25) is 0 Å². The van der Waals surface area contributed by atoms with Crippen LogP contribution in [-0.2, 0) is 11.5 Å². The minimum atomic E-state index is -1.21. The molecule has 0 unspecified atom stereocenters. The Morgan fingerprint density at radius 3 is 2.73 bits per heavy atom. The van der Waals surface area contributed by atoms with Gasteiger partial charge in [-0.05, 0) is 34.1 Å². The second-order valence-corrected chi connectivity index (χ2v) is 12.7. The molecule has 1 N–H and O–H groups in total. The molecule has 1 heterocycles. The first kappa shape index (κ1) is 17.1. The van der Waals surface area contributed by atoms with Gasteiger partial charge < -0.3 is 9.84 Å². The quantitative estimate of drug-likeness (QED) is 0.600. The van der Waals surface area contributed by atoms with Gasteiger partial charge in [0.05, 0.1) is 4.47 Å². The number of carboxylic acid groups (broad SMARTS) is 1. The lowest BCUT2D eigenvalue weighted by atomic mass is 10.2. The van der Waals surface area contributed by atoms with Crippen molar-refractivity contribution in [2.24, 2.45) is 0 Å². The van der Waals surface area contributed by atoms with E-state index in [-0.39, 0.29) is 27.8 Å². The van der Waals surface area contributed by atoms with Crippen molar-refractivity contribution >= 4 is 40.9 Å². The van der Waals surface area contributed by atoms with E-state index in [1.54, 1.807) is 0 Å². The summed E-state index contributed by atoms with van der Waals surface area (Å²) >= 11 is 3.11. The highest BCUT2D eigenvalue weighted by Gasteiger charge is 2.21. The van der Waals surface area contributed by atoms with E-state index < -0.39 is 19.9 Å². The number of ether oxygens (including phenoxy) is 1. The van der Waals surface area contributed by atoms with Gasteiger partial charge in [-0.2, -0.15) is 5.10 Å². The second kappa shape index (κ2) is 6.47. The van der Waals surface area contributed by atoms with E-state index in [2.05, 4.69) is 40.7 Å². The molecule has 5 nitrogen and oxygen atoms in total. The molecule has 0 amide bonds. The van der Waals surface area contributed by atoms with Gasteiger partial charge in [0, 0.05) is 20.1 Å². The molecule has 2 rings (SSSR count). The fraction of sp³-hybridized carbons (Fsp3) is 0.429. The highest BCUT2D eigenvalue weighted by molar-refractivity contribution is 9.10. The summed E-state index contributed by atoms with van der Waals surface area (Å²) in [5, 5.41) is 13.4. The molecule has 0 spiro atoms. The van der Waals surface area contributed by atoms with E-state index in [4.69, 9.17) is 4.74 Å². The average Bonchev–Trinajstić information content (AvgIpc) is 2.77. The molecule has 0 fully saturated rings. The summed E-state index contributed by atoms with van der Waals surface area (Å²) in [6, 6.07) is 3.99. The van der Waals surface area contributed by atoms with Crippen molar-refractivity contribution in [3.05, 3.63) is 28.1 Å². The first-order valence-electron chi connectivity index (χ1n) is 6.86. The van der Waals surface area contributed by atoms with Crippen molar-refractivity contribution in [3.8, 4) is 0 Å². The monoisotopic (exact) mass is 388 g/mol. The summed E-state index contributed by atoms with van der Waals surface area (Å²) in [5.74, 6) is -1.72. The summed E-state index contributed by atoms with van der Waals surface area (Å²) < 4.78 is 21.4. The van der Waals surface area contributed by atoms with Crippen LogP contribution in [0.15, 0.2) is 16.6 Å². The van der Waals surface area contributed by atoms with Crippen LogP contribution in [0.4, 0.5) is 4.39 Å². The molecule has 0 atom stereocenters. The van der Waals surface area contributed by atoms with E-state index in [9.17, 15) is 14.3 Å². The van der Waals surface area contributed by atoms with E-state index >= 15 is 0 Å². The summed E-state index contributed by atoms with van der Waals surface area (Å²) in [4.78, 5) is 11.2. The van der Waals surface area contributed by atoms with E-state index in [0.717, 1.165) is 6.04 Å². The Balaban J connectivity index is 2.29. The maximum atomic E-state index is 14.3. The summed E-state index contributed by atoms with van der Waals surface area (Å²) in [6.45, 7) is 7.29. The zero-order valence-electron chi connectivity index (χ0n) is 12.7. The highest BCUT2D eigenvalue weighted by atomic mass is 79.9. The van der Waals surface area contributed by atoms with Crippen LogP contribution in [0, 0.1) is 5.82 Å². The van der Waals surface area contributed by atoms with Crippen LogP contribution in [0.1, 0.15) is 10.5 Å². The molecule has 1 aromatic heterocycles. The molecule has 0 radical (unpaired) electrons. The number of hydrogen-bond acceptors (Lipinski definition) is 3. The number of aromatic nitrogens is 2. The fourth-order valence-electron chi connectivity index (χ4n) is 1.99. The van der Waals surface area contributed by atoms with Crippen LogP contribution in [0.5, 0.6) is 0 Å². The molecule has 0 saturated carbocycles. The Morgan fingerprint density at radius 1 is 1.45 bits per heavy atom. The summed E-state index contributed by atoms with van der Waals surface area (Å²) in [7, 11) is -1.21. The third-order valence-electron chi connectivity index (χ3n) is 3.22. The van der Waals surface area contributed by atoms with Gasteiger partial charge in [0.15, 0.2) is 11.5 Å². The predicted molar refractivity (Wildman–Crippen MR) is 88.5 cm³/mol. The number of hydrogen-bond donors (Lipinski definition) is 1. The van der Waals surface area contributed by atoms with Gasteiger partial charge in [-0.25, -0.2) is 13.9 Å². The van der Waals surface area contributed by atoms with Gasteiger partial charge in [0.2, 0.25) is 0 Å². The van der Waals surface area contributed by atoms with Crippen molar-refractivity contribution in [2.45, 2.75) is 32.4 Å². The Kier molecular flexibility index (Phi) is 5.03. The zero-order chi connectivity index (χ0) is 16.5. The van der Waals surface area contributed by atoms with Crippen LogP contribution in [0.2, 0.25) is 25.7 Å². The third-order valence-corrected chi connectivity index (χ3v) is 5.53. The van der Waals surface area contributed by atoms with Gasteiger partial charge >= 0.3 is 5.97 Å². The maximum absolute atomic E-state index is 14.3. The molecule has 0 aliphatic heterocycles. The van der Waals surface area contributed by atoms with E-state index in [0.29, 0.717) is 6.61 Å². The van der Waals surface area contributed by atoms with Crippen molar-refractivity contribution < 1.29 is 19.0 Å². The van der Waals surface area contributed by atoms with Crippen LogP contribution in [0.25, 0.3) is 10.9 Å². The number of fused-ring (bicyclic) bond motifs is 1. The van der Waals surface area contributed by atoms with Gasteiger partial charge in [-0.15, -0.1) is 0 Å². The number of halogens is 2. The zero-order valence-corrected chi connectivity index (χ0v) is 15.3. The lowest BCUT2D eigenvalue weighted by Gasteiger charge is -2.15. The lowest BCUT2D eigenvalue weighted by molar-refractivity contribution is 0.0675. The Hall–Kier alpha value is -1.25. The molecule has 0 aliphatic carbocycles. The number of nitrogens with zero attached hydrogens (tertiary/aromatic N) is 2. The summed E-state index contributed by atoms with van der Waals surface area (Å²) in [6.07, 6.45) is 0. The Labute approximate surface area is 137 Å². The van der Waals surface area contributed by atoms with Crippen molar-refractivity contribution in [2.75, 3.05) is 6.61 Å². The minimum absolute atomic E-state index is 0.0294. The van der Waals surface area contributed by atoms with Gasteiger partial charge in [0.25, 0.3) is 0 Å². The number of rotatable bonds is 6. The molecule has 8 heteroatoms. The molecule has 22 heavy (non-hydrogen) atoms. The molecule has 2 aromatic rings. The highest BCUT2D eigenvalue weighted by Crippen LogP contribution is 2.27. The Morgan fingerprint density at radius 2 is 2.14 bits per heavy atom. The number of carbonyl (C=O) groups is 1. The van der Waals surface area contributed by atoms with Crippen molar-refractivity contribution in [3.63, 3.8) is 0 Å². The van der Waals surface area contributed by atoms with E-state index in [1.165, 1.54) is 16.8 Å². The summed E-state index contributed by atoms with van der Waals surface area (Å²) in [5.41, 5.74) is -0.0324. The smallest absolute Gasteiger partial charge is 0.357 e. The Bertz CT molecular complexity index is 712. The normalized spacial score (nSPS) is 12.0. The third kappa shape index (κ3) is 3.74. The van der Waals surface area contributed by atoms with Crippen molar-refractivity contribution in [1.82, 2.24) is 9.78 Å². The molecular weight excluding hydrogens is 371 g/mol. The number of benzene rings is 1. The van der Waals surface area contributed by atoms with Crippen LogP contribution >= 0.6 is 15.9 Å². The topological polar surface area (TPSA) is 64.4 Å². The minimum Gasteiger partial charge on any atom is -0.476 e. The molecule has 0 aliphatic rings. The maximum Gasteiger partial charge on any atom is 0.357 e. The van der Waals surface area contributed by atoms with Crippen LogP contribution < -0.4 is 0 Å². The van der Waals surface area contributed by atoms with Crippen LogP contribution in [-0.4, -0.2) is 35.5 Å². The molecule has 0 saturated heterocycles. The average molecular weight is 389 g/mol. The van der Waals surface area contributed by atoms with Crippen LogP contribution in [0.3, 0.4) is 0 Å². The van der Waals surface area contributed by atoms with E-state index in [1.807, 2.05) is 0 Å². The SMILES string of the molecule is C[Si](C)(C)CCOCn1nc(C(=O)O)c2ccc(Br)c(F)c21. The largest absolute Gasteiger partial charge is 0.476 e. The molecule has 0 bridgehead atoms. The first-order chi connectivity index (χ1) is 10.2. The number of aromatic carboxylic acids is 1. The second-order valence-electron chi connectivity index (χ2n) is 6.26. The standard InChI is InChI=1S/C14H18BrFN2O3Si/c1-22(2,3)7-6-21-8-18-13-9(12(17-18)14(19)20)4-5-10(15)11(13)16/h4-5H,6-8H2,1-3H3,(H,19,20).